The monoisotopic (exact) mass is 139 g/mol. The van der Waals surface area contributed by atoms with Crippen LogP contribution in [0.3, 0.4) is 0 Å². The Hall–Kier alpha value is -0.900. The molecule has 1 heterocycles. The van der Waals surface area contributed by atoms with Gasteiger partial charge in [-0.05, 0) is 12.8 Å². The van der Waals surface area contributed by atoms with Gasteiger partial charge in [0.05, 0.1) is 6.54 Å². The van der Waals surface area contributed by atoms with E-state index in [9.17, 15) is 0 Å². The summed E-state index contributed by atoms with van der Waals surface area (Å²) in [4.78, 5) is 0. The Kier molecular flexibility index (Phi) is 1.39. The van der Waals surface area contributed by atoms with Crippen LogP contribution in [0.4, 0.5) is 0 Å². The van der Waals surface area contributed by atoms with Gasteiger partial charge in [0.15, 0.2) is 0 Å². The first-order chi connectivity index (χ1) is 4.95. The van der Waals surface area contributed by atoms with Gasteiger partial charge in [-0.25, -0.2) is 0 Å². The van der Waals surface area contributed by atoms with E-state index in [1.807, 2.05) is 0 Å². The highest BCUT2D eigenvalue weighted by Gasteiger charge is 2.20. The fourth-order valence-corrected chi connectivity index (χ4v) is 0.792. The largest absolute Gasteiger partial charge is 0.427 e. The Morgan fingerprint density at radius 3 is 3.20 bits per heavy atom. The summed E-state index contributed by atoms with van der Waals surface area (Å²) < 4.78 is 4.93. The minimum atomic E-state index is 0.673. The Balaban J connectivity index is 1.79. The van der Waals surface area contributed by atoms with Crippen molar-refractivity contribution >= 4 is 0 Å². The van der Waals surface area contributed by atoms with Gasteiger partial charge in [0.1, 0.15) is 0 Å². The molecule has 4 heteroatoms. The molecule has 1 N–H and O–H groups in total. The van der Waals surface area contributed by atoms with Crippen LogP contribution in [0.2, 0.25) is 0 Å². The molecule has 0 spiro atoms. The highest BCUT2D eigenvalue weighted by Crippen LogP contribution is 2.18. The first-order valence-corrected chi connectivity index (χ1v) is 3.43. The molecule has 0 bridgehead atoms. The second kappa shape index (κ2) is 2.38. The first-order valence-electron chi connectivity index (χ1n) is 3.43. The third kappa shape index (κ3) is 1.33. The maximum Gasteiger partial charge on any atom is 0.229 e. The molecule has 0 unspecified atom stereocenters. The maximum atomic E-state index is 4.93. The summed E-state index contributed by atoms with van der Waals surface area (Å²) in [7, 11) is 0. The van der Waals surface area contributed by atoms with E-state index in [4.69, 9.17) is 4.42 Å². The molecule has 10 heavy (non-hydrogen) atoms. The molecule has 0 saturated heterocycles. The van der Waals surface area contributed by atoms with Crippen molar-refractivity contribution in [1.82, 2.24) is 15.5 Å². The van der Waals surface area contributed by atoms with E-state index < -0.39 is 0 Å². The second-order valence-corrected chi connectivity index (χ2v) is 2.49. The van der Waals surface area contributed by atoms with E-state index in [2.05, 4.69) is 15.5 Å². The van der Waals surface area contributed by atoms with Gasteiger partial charge >= 0.3 is 0 Å². The van der Waals surface area contributed by atoms with Crippen LogP contribution in [-0.4, -0.2) is 16.2 Å². The molecule has 0 radical (unpaired) electrons. The normalized spacial score (nSPS) is 17.6. The Labute approximate surface area is 58.6 Å². The molecule has 4 nitrogen and oxygen atoms in total. The fourth-order valence-electron chi connectivity index (χ4n) is 0.792. The highest BCUT2D eigenvalue weighted by molar-refractivity contribution is 4.83. The zero-order chi connectivity index (χ0) is 6.81. The molecule has 1 saturated carbocycles. The van der Waals surface area contributed by atoms with Crippen molar-refractivity contribution < 1.29 is 4.42 Å². The lowest BCUT2D eigenvalue weighted by atomic mass is 10.6. The summed E-state index contributed by atoms with van der Waals surface area (Å²) in [6.07, 6.45) is 3.92. The molecule has 0 aliphatic heterocycles. The molecule has 0 atom stereocenters. The van der Waals surface area contributed by atoms with Gasteiger partial charge in [-0.15, -0.1) is 10.2 Å². The lowest BCUT2D eigenvalue weighted by Gasteiger charge is -1.94. The van der Waals surface area contributed by atoms with Gasteiger partial charge in [-0.3, -0.25) is 0 Å². The molecule has 1 aromatic rings. The van der Waals surface area contributed by atoms with Crippen LogP contribution in [-0.2, 0) is 6.54 Å². The lowest BCUT2D eigenvalue weighted by Crippen LogP contribution is -2.15. The minimum Gasteiger partial charge on any atom is -0.427 e. The summed E-state index contributed by atoms with van der Waals surface area (Å²) in [5, 5.41) is 10.6. The molecule has 0 aromatic carbocycles. The molecule has 1 fully saturated rings. The first kappa shape index (κ1) is 5.85. The van der Waals surface area contributed by atoms with Crippen LogP contribution in [0.1, 0.15) is 18.7 Å². The number of hydrogen-bond donors (Lipinski definition) is 1. The lowest BCUT2D eigenvalue weighted by molar-refractivity contribution is 0.466. The van der Waals surface area contributed by atoms with Gasteiger partial charge in [0.2, 0.25) is 12.3 Å². The minimum absolute atomic E-state index is 0.673. The third-order valence-corrected chi connectivity index (χ3v) is 1.52. The summed E-state index contributed by atoms with van der Waals surface area (Å²) in [5.74, 6) is 0.673. The van der Waals surface area contributed by atoms with Crippen LogP contribution in [0, 0.1) is 0 Å². The van der Waals surface area contributed by atoms with Gasteiger partial charge < -0.3 is 9.73 Å². The second-order valence-electron chi connectivity index (χ2n) is 2.49. The van der Waals surface area contributed by atoms with Crippen molar-refractivity contribution in [1.29, 1.82) is 0 Å². The van der Waals surface area contributed by atoms with Crippen LogP contribution in [0.15, 0.2) is 10.8 Å². The highest BCUT2D eigenvalue weighted by atomic mass is 16.4. The van der Waals surface area contributed by atoms with E-state index in [0.29, 0.717) is 18.5 Å². The average Bonchev–Trinajstić information content (AvgIpc) is 2.63. The summed E-state index contributed by atoms with van der Waals surface area (Å²) in [6, 6.07) is 0.701. The average molecular weight is 139 g/mol. The Bertz CT molecular complexity index is 193. The molecule has 1 aromatic heterocycles. The van der Waals surface area contributed by atoms with Crippen molar-refractivity contribution in [3.8, 4) is 0 Å². The Morgan fingerprint density at radius 2 is 2.60 bits per heavy atom. The molecule has 54 valence electrons. The van der Waals surface area contributed by atoms with Gasteiger partial charge in [-0.2, -0.15) is 0 Å². The molecule has 2 rings (SSSR count). The van der Waals surface area contributed by atoms with Crippen LogP contribution in [0.5, 0.6) is 0 Å². The van der Waals surface area contributed by atoms with Gasteiger partial charge in [-0.1, -0.05) is 0 Å². The van der Waals surface area contributed by atoms with Crippen LogP contribution >= 0.6 is 0 Å². The molecular weight excluding hydrogens is 130 g/mol. The summed E-state index contributed by atoms with van der Waals surface area (Å²) in [5.41, 5.74) is 0. The summed E-state index contributed by atoms with van der Waals surface area (Å²) >= 11 is 0. The van der Waals surface area contributed by atoms with E-state index in [0.717, 1.165) is 0 Å². The third-order valence-electron chi connectivity index (χ3n) is 1.52. The van der Waals surface area contributed by atoms with Crippen molar-refractivity contribution in [2.24, 2.45) is 0 Å². The smallest absolute Gasteiger partial charge is 0.229 e. The van der Waals surface area contributed by atoms with Crippen molar-refractivity contribution in [3.63, 3.8) is 0 Å². The van der Waals surface area contributed by atoms with E-state index in [1.54, 1.807) is 0 Å². The zero-order valence-electron chi connectivity index (χ0n) is 5.58. The quantitative estimate of drug-likeness (QED) is 0.655. The van der Waals surface area contributed by atoms with Crippen molar-refractivity contribution in [2.75, 3.05) is 0 Å². The van der Waals surface area contributed by atoms with Crippen molar-refractivity contribution in [3.05, 3.63) is 12.3 Å². The maximum absolute atomic E-state index is 4.93. The number of rotatable bonds is 3. The van der Waals surface area contributed by atoms with Crippen molar-refractivity contribution in [2.45, 2.75) is 25.4 Å². The number of nitrogens with zero attached hydrogens (tertiary/aromatic N) is 2. The predicted molar refractivity (Wildman–Crippen MR) is 34.2 cm³/mol. The number of nitrogens with one attached hydrogen (secondary N) is 1. The fraction of sp³-hybridized carbons (Fsp3) is 0.667. The molecule has 1 aliphatic carbocycles. The Morgan fingerprint density at radius 1 is 1.70 bits per heavy atom. The van der Waals surface area contributed by atoms with Gasteiger partial charge in [0.25, 0.3) is 0 Å². The van der Waals surface area contributed by atoms with Crippen LogP contribution < -0.4 is 5.32 Å². The number of hydrogen-bond acceptors (Lipinski definition) is 4. The van der Waals surface area contributed by atoms with E-state index >= 15 is 0 Å². The number of aromatic nitrogens is 2. The van der Waals surface area contributed by atoms with E-state index in [1.165, 1.54) is 19.2 Å². The SMILES string of the molecule is c1nnc(CNC2CC2)o1. The summed E-state index contributed by atoms with van der Waals surface area (Å²) in [6.45, 7) is 0.713. The van der Waals surface area contributed by atoms with Crippen LogP contribution in [0.25, 0.3) is 0 Å². The van der Waals surface area contributed by atoms with E-state index in [-0.39, 0.29) is 0 Å². The standard InChI is InChI=1S/C6H9N3O/c1-2-5(1)7-3-6-9-8-4-10-6/h4-5,7H,1-3H2. The molecule has 0 amide bonds. The molecular formula is C6H9N3O. The topological polar surface area (TPSA) is 51.0 Å². The molecule has 1 aliphatic rings. The van der Waals surface area contributed by atoms with Gasteiger partial charge in [0, 0.05) is 6.04 Å². The predicted octanol–water partition coefficient (Wildman–Crippen LogP) is 0.322. The zero-order valence-corrected chi connectivity index (χ0v) is 5.58.